The van der Waals surface area contributed by atoms with Crippen molar-refractivity contribution in [1.29, 1.82) is 0 Å². The lowest BCUT2D eigenvalue weighted by Gasteiger charge is -2.35. The molecule has 1 saturated heterocycles. The normalized spacial score (nSPS) is 21.5. The minimum atomic E-state index is -0.694. The standard InChI is InChI=1S/C24H23Cl2NO4/c1-31-23-17(25)12-15(13-18(23)26)21(28)19-20(14-8-4-2-5-9-14)27(24(30)22(19)29)16-10-6-3-7-11-16/h2,4-5,8-9,12-13,16,20,28H,3,6-7,10-11H2,1H3/b21-19+. The van der Waals surface area contributed by atoms with Crippen molar-refractivity contribution in [2.24, 2.45) is 0 Å². The van der Waals surface area contributed by atoms with E-state index in [0.717, 1.165) is 37.7 Å². The Labute approximate surface area is 191 Å². The molecule has 1 aliphatic heterocycles. The number of nitrogens with zero attached hydrogens (tertiary/aromatic N) is 1. The summed E-state index contributed by atoms with van der Waals surface area (Å²) < 4.78 is 5.17. The third-order valence-corrected chi connectivity index (χ3v) is 6.60. The lowest BCUT2D eigenvalue weighted by atomic mass is 9.91. The molecule has 1 amide bonds. The summed E-state index contributed by atoms with van der Waals surface area (Å²) in [5.41, 5.74) is 1.09. The number of aliphatic hydroxyl groups is 1. The number of amides is 1. The van der Waals surface area contributed by atoms with E-state index in [1.165, 1.54) is 19.2 Å². The Morgan fingerprint density at radius 2 is 1.65 bits per heavy atom. The maximum absolute atomic E-state index is 13.2. The van der Waals surface area contributed by atoms with Crippen molar-refractivity contribution in [2.75, 3.05) is 7.11 Å². The molecule has 0 bridgehead atoms. The predicted molar refractivity (Wildman–Crippen MR) is 120 cm³/mol. The second kappa shape index (κ2) is 8.93. The molecule has 0 aromatic heterocycles. The Kier molecular flexibility index (Phi) is 6.26. The average Bonchev–Trinajstić information content (AvgIpc) is 3.05. The van der Waals surface area contributed by atoms with Crippen molar-refractivity contribution in [2.45, 2.75) is 44.2 Å². The highest BCUT2D eigenvalue weighted by molar-refractivity contribution is 6.47. The molecule has 1 atom stereocenters. The van der Waals surface area contributed by atoms with Crippen LogP contribution in [0.5, 0.6) is 5.75 Å². The van der Waals surface area contributed by atoms with Gasteiger partial charge in [-0.2, -0.15) is 0 Å². The molecule has 7 heteroatoms. The van der Waals surface area contributed by atoms with Crippen LogP contribution in [0.1, 0.15) is 49.3 Å². The van der Waals surface area contributed by atoms with Crippen molar-refractivity contribution in [3.8, 4) is 5.75 Å². The molecule has 1 saturated carbocycles. The minimum absolute atomic E-state index is 0.0382. The van der Waals surface area contributed by atoms with Crippen molar-refractivity contribution >= 4 is 40.7 Å². The van der Waals surface area contributed by atoms with Crippen molar-refractivity contribution < 1.29 is 19.4 Å². The molecule has 4 rings (SSSR count). The number of Topliss-reactive ketones (excluding diaryl/α,β-unsaturated/α-hetero) is 1. The topological polar surface area (TPSA) is 66.8 Å². The lowest BCUT2D eigenvalue weighted by molar-refractivity contribution is -0.141. The van der Waals surface area contributed by atoms with E-state index < -0.39 is 17.7 Å². The number of ether oxygens (including phenoxy) is 1. The second-order valence-electron chi connectivity index (χ2n) is 7.88. The van der Waals surface area contributed by atoms with Crippen LogP contribution in [0, 0.1) is 0 Å². The average molecular weight is 460 g/mol. The number of aliphatic hydroxyl groups excluding tert-OH is 1. The van der Waals surface area contributed by atoms with Crippen LogP contribution < -0.4 is 4.74 Å². The van der Waals surface area contributed by atoms with Crippen LogP contribution in [0.3, 0.4) is 0 Å². The van der Waals surface area contributed by atoms with Gasteiger partial charge in [0.05, 0.1) is 28.8 Å². The Bertz CT molecular complexity index is 1020. The summed E-state index contributed by atoms with van der Waals surface area (Å²) >= 11 is 12.5. The molecule has 31 heavy (non-hydrogen) atoms. The SMILES string of the molecule is COc1c(Cl)cc(/C(O)=C2\C(=O)C(=O)N(C3CCCCC3)C2c2ccccc2)cc1Cl. The number of carbonyl (C=O) groups is 2. The number of hydrogen-bond acceptors (Lipinski definition) is 4. The molecule has 2 aliphatic rings. The van der Waals surface area contributed by atoms with Crippen LogP contribution in [0.15, 0.2) is 48.0 Å². The summed E-state index contributed by atoms with van der Waals surface area (Å²) in [6.07, 6.45) is 4.84. The van der Waals surface area contributed by atoms with Gasteiger partial charge in [-0.05, 0) is 30.5 Å². The van der Waals surface area contributed by atoms with Gasteiger partial charge in [0.1, 0.15) is 5.76 Å². The molecule has 1 heterocycles. The van der Waals surface area contributed by atoms with Crippen molar-refractivity contribution in [3.63, 3.8) is 0 Å². The number of hydrogen-bond donors (Lipinski definition) is 1. The van der Waals surface area contributed by atoms with E-state index in [2.05, 4.69) is 0 Å². The zero-order valence-electron chi connectivity index (χ0n) is 17.1. The van der Waals surface area contributed by atoms with E-state index >= 15 is 0 Å². The minimum Gasteiger partial charge on any atom is -0.507 e. The molecule has 1 N–H and O–H groups in total. The highest BCUT2D eigenvalue weighted by Crippen LogP contribution is 2.44. The lowest BCUT2D eigenvalue weighted by Crippen LogP contribution is -2.40. The van der Waals surface area contributed by atoms with Crippen LogP contribution in [0.4, 0.5) is 0 Å². The fourth-order valence-electron chi connectivity index (χ4n) is 4.60. The number of methoxy groups -OCH3 is 1. The van der Waals surface area contributed by atoms with Gasteiger partial charge in [0.2, 0.25) is 0 Å². The van der Waals surface area contributed by atoms with Crippen molar-refractivity contribution in [3.05, 3.63) is 69.2 Å². The third-order valence-electron chi connectivity index (χ3n) is 6.04. The first kappa shape index (κ1) is 21.7. The van der Waals surface area contributed by atoms with Crippen LogP contribution in [-0.2, 0) is 9.59 Å². The van der Waals surface area contributed by atoms with Gasteiger partial charge in [-0.1, -0.05) is 72.8 Å². The molecule has 5 nitrogen and oxygen atoms in total. The fraction of sp³-hybridized carbons (Fsp3) is 0.333. The number of benzene rings is 2. The van der Waals surface area contributed by atoms with E-state index in [9.17, 15) is 14.7 Å². The smallest absolute Gasteiger partial charge is 0.295 e. The van der Waals surface area contributed by atoms with E-state index in [4.69, 9.17) is 27.9 Å². The van der Waals surface area contributed by atoms with E-state index in [0.29, 0.717) is 0 Å². The summed E-state index contributed by atoms with van der Waals surface area (Å²) in [4.78, 5) is 27.9. The number of ketones is 1. The fourth-order valence-corrected chi connectivity index (χ4v) is 5.24. The number of rotatable bonds is 4. The monoisotopic (exact) mass is 459 g/mol. The molecule has 2 aromatic carbocycles. The summed E-state index contributed by atoms with van der Waals surface area (Å²) in [6, 6.07) is 11.6. The molecule has 2 aromatic rings. The van der Waals surface area contributed by atoms with E-state index in [1.807, 2.05) is 30.3 Å². The zero-order valence-corrected chi connectivity index (χ0v) is 18.6. The number of carbonyl (C=O) groups excluding carboxylic acids is 2. The third kappa shape index (κ3) is 3.92. The van der Waals surface area contributed by atoms with Gasteiger partial charge in [-0.3, -0.25) is 9.59 Å². The quantitative estimate of drug-likeness (QED) is 0.358. The van der Waals surface area contributed by atoms with Gasteiger partial charge < -0.3 is 14.7 Å². The Morgan fingerprint density at radius 1 is 1.03 bits per heavy atom. The van der Waals surface area contributed by atoms with Gasteiger partial charge in [0.15, 0.2) is 5.75 Å². The molecule has 1 unspecified atom stereocenters. The van der Waals surface area contributed by atoms with E-state index in [1.54, 1.807) is 4.90 Å². The second-order valence-corrected chi connectivity index (χ2v) is 8.70. The van der Waals surface area contributed by atoms with Gasteiger partial charge in [0.25, 0.3) is 11.7 Å². The Hall–Kier alpha value is -2.50. The largest absolute Gasteiger partial charge is 0.507 e. The first-order valence-electron chi connectivity index (χ1n) is 10.3. The summed E-state index contributed by atoms with van der Waals surface area (Å²) in [7, 11) is 1.44. The first-order chi connectivity index (χ1) is 14.9. The molecular weight excluding hydrogens is 437 g/mol. The molecule has 0 spiro atoms. The molecule has 162 valence electrons. The van der Waals surface area contributed by atoms with Crippen LogP contribution in [0.25, 0.3) is 5.76 Å². The zero-order chi connectivity index (χ0) is 22.1. The number of likely N-dealkylation sites (tertiary alicyclic amines) is 1. The maximum atomic E-state index is 13.2. The summed E-state index contributed by atoms with van der Waals surface area (Å²) in [5.74, 6) is -1.29. The summed E-state index contributed by atoms with van der Waals surface area (Å²) in [5, 5.41) is 11.6. The van der Waals surface area contributed by atoms with Gasteiger partial charge in [0, 0.05) is 11.6 Å². The molecule has 1 aliphatic carbocycles. The van der Waals surface area contributed by atoms with E-state index in [-0.39, 0.29) is 38.7 Å². The van der Waals surface area contributed by atoms with Gasteiger partial charge in [-0.15, -0.1) is 0 Å². The predicted octanol–water partition coefficient (Wildman–Crippen LogP) is 5.76. The number of halogens is 2. The van der Waals surface area contributed by atoms with Gasteiger partial charge in [-0.25, -0.2) is 0 Å². The Morgan fingerprint density at radius 3 is 2.23 bits per heavy atom. The highest BCUT2D eigenvalue weighted by Gasteiger charge is 2.48. The van der Waals surface area contributed by atoms with Crippen molar-refractivity contribution in [1.82, 2.24) is 4.90 Å². The van der Waals surface area contributed by atoms with Crippen LogP contribution in [-0.4, -0.2) is 34.8 Å². The Balaban J connectivity index is 1.88. The molecular formula is C24H23Cl2NO4. The van der Waals surface area contributed by atoms with Gasteiger partial charge >= 0.3 is 0 Å². The van der Waals surface area contributed by atoms with Crippen LogP contribution >= 0.6 is 23.2 Å². The first-order valence-corrected chi connectivity index (χ1v) is 11.1. The van der Waals surface area contributed by atoms with Crippen LogP contribution in [0.2, 0.25) is 10.0 Å². The highest BCUT2D eigenvalue weighted by atomic mass is 35.5. The molecule has 2 fully saturated rings. The summed E-state index contributed by atoms with van der Waals surface area (Å²) in [6.45, 7) is 0. The molecule has 0 radical (unpaired) electrons. The maximum Gasteiger partial charge on any atom is 0.295 e.